The lowest BCUT2D eigenvalue weighted by Gasteiger charge is -2.10. The molecule has 0 radical (unpaired) electrons. The molecule has 0 saturated carbocycles. The molecule has 0 saturated heterocycles. The zero-order chi connectivity index (χ0) is 7.68. The summed E-state index contributed by atoms with van der Waals surface area (Å²) in [4.78, 5) is 0. The maximum atomic E-state index is 8.61. The second-order valence-corrected chi connectivity index (χ2v) is 2.44. The molecule has 0 bridgehead atoms. The Bertz CT molecular complexity index is 310. The van der Waals surface area contributed by atoms with Crippen LogP contribution in [0.2, 0.25) is 0 Å². The van der Waals surface area contributed by atoms with Crippen LogP contribution in [-0.4, -0.2) is 16.8 Å². The molecule has 0 spiro atoms. The Morgan fingerprint density at radius 3 is 3.36 bits per heavy atom. The highest BCUT2D eigenvalue weighted by Gasteiger charge is 2.16. The topological polar surface area (TPSA) is 61.7 Å². The van der Waals surface area contributed by atoms with Gasteiger partial charge < -0.3 is 4.74 Å². The van der Waals surface area contributed by atoms with Gasteiger partial charge in [0.15, 0.2) is 5.69 Å². The van der Waals surface area contributed by atoms with Gasteiger partial charge in [-0.25, -0.2) is 0 Å². The van der Waals surface area contributed by atoms with Crippen LogP contribution in [0.25, 0.3) is 0 Å². The summed E-state index contributed by atoms with van der Waals surface area (Å²) in [5, 5.41) is 15.2. The smallest absolute Gasteiger partial charge is 0.165 e. The van der Waals surface area contributed by atoms with Gasteiger partial charge in [-0.05, 0) is 0 Å². The van der Waals surface area contributed by atoms with Gasteiger partial charge in [-0.2, -0.15) is 10.4 Å². The highest BCUT2D eigenvalue weighted by atomic mass is 16.5. The Kier molecular flexibility index (Phi) is 1.37. The number of hydrogen-bond donors (Lipinski definition) is 1. The Morgan fingerprint density at radius 2 is 2.55 bits per heavy atom. The first kappa shape index (κ1) is 6.38. The first-order valence-corrected chi connectivity index (χ1v) is 3.46. The molecule has 4 nitrogen and oxygen atoms in total. The number of nitriles is 1. The van der Waals surface area contributed by atoms with Gasteiger partial charge >= 0.3 is 0 Å². The quantitative estimate of drug-likeness (QED) is 0.579. The molecule has 0 fully saturated rings. The van der Waals surface area contributed by atoms with Crippen LogP contribution in [0.15, 0.2) is 0 Å². The van der Waals surface area contributed by atoms with Crippen LogP contribution in [0.3, 0.4) is 0 Å². The number of nitrogens with one attached hydrogen (secondary N) is 1. The van der Waals surface area contributed by atoms with Crippen molar-refractivity contribution >= 4 is 0 Å². The second-order valence-electron chi connectivity index (χ2n) is 2.44. The molecule has 0 aliphatic carbocycles. The third-order valence-electron chi connectivity index (χ3n) is 1.80. The van der Waals surface area contributed by atoms with Crippen LogP contribution >= 0.6 is 0 Å². The lowest BCUT2D eigenvalue weighted by Crippen LogP contribution is -2.08. The van der Waals surface area contributed by atoms with E-state index in [1.165, 1.54) is 0 Å². The van der Waals surface area contributed by atoms with Gasteiger partial charge in [0.2, 0.25) is 0 Å². The predicted octanol–water partition coefficient (Wildman–Crippen LogP) is 0.354. The number of aromatic amines is 1. The van der Waals surface area contributed by atoms with Gasteiger partial charge in [-0.1, -0.05) is 0 Å². The summed E-state index contributed by atoms with van der Waals surface area (Å²) in [6, 6.07) is 2.04. The highest BCUT2D eigenvalue weighted by molar-refractivity contribution is 5.34. The van der Waals surface area contributed by atoms with Gasteiger partial charge in [0, 0.05) is 12.0 Å². The van der Waals surface area contributed by atoms with Crippen molar-refractivity contribution in [1.82, 2.24) is 10.2 Å². The largest absolute Gasteiger partial charge is 0.375 e. The zero-order valence-corrected chi connectivity index (χ0v) is 5.92. The summed E-state index contributed by atoms with van der Waals surface area (Å²) >= 11 is 0. The molecule has 0 atom stereocenters. The van der Waals surface area contributed by atoms with Crippen molar-refractivity contribution in [3.05, 3.63) is 17.0 Å². The van der Waals surface area contributed by atoms with Crippen molar-refractivity contribution in [2.45, 2.75) is 13.0 Å². The molecule has 1 aromatic rings. The van der Waals surface area contributed by atoms with Crippen molar-refractivity contribution in [2.75, 3.05) is 6.61 Å². The predicted molar refractivity (Wildman–Crippen MR) is 36.7 cm³/mol. The Balaban J connectivity index is 2.48. The molecule has 2 rings (SSSR count). The van der Waals surface area contributed by atoms with Crippen molar-refractivity contribution in [1.29, 1.82) is 5.26 Å². The molecule has 0 aromatic carbocycles. The van der Waals surface area contributed by atoms with E-state index in [9.17, 15) is 0 Å². The fourth-order valence-corrected chi connectivity index (χ4v) is 1.23. The van der Waals surface area contributed by atoms with Crippen molar-refractivity contribution < 1.29 is 4.74 Å². The molecule has 1 N–H and O–H groups in total. The van der Waals surface area contributed by atoms with Crippen molar-refractivity contribution in [3.63, 3.8) is 0 Å². The number of H-pyrrole nitrogens is 1. The van der Waals surface area contributed by atoms with E-state index in [1.807, 2.05) is 6.07 Å². The lowest BCUT2D eigenvalue weighted by atomic mass is 10.1. The van der Waals surface area contributed by atoms with Gasteiger partial charge in [-0.3, -0.25) is 5.10 Å². The molecule has 1 aromatic heterocycles. The fourth-order valence-electron chi connectivity index (χ4n) is 1.23. The van der Waals surface area contributed by atoms with Crippen LogP contribution in [-0.2, 0) is 17.8 Å². The zero-order valence-electron chi connectivity index (χ0n) is 5.92. The summed E-state index contributed by atoms with van der Waals surface area (Å²) in [6.45, 7) is 1.26. The molecule has 11 heavy (non-hydrogen) atoms. The van der Waals surface area contributed by atoms with E-state index in [1.54, 1.807) is 0 Å². The number of hydrogen-bond acceptors (Lipinski definition) is 3. The molecule has 1 aliphatic heterocycles. The van der Waals surface area contributed by atoms with E-state index in [2.05, 4.69) is 10.2 Å². The normalized spacial score (nSPS) is 15.5. The summed E-state index contributed by atoms with van der Waals surface area (Å²) in [7, 11) is 0. The molecule has 0 amide bonds. The highest BCUT2D eigenvalue weighted by Crippen LogP contribution is 2.16. The van der Waals surface area contributed by atoms with Crippen molar-refractivity contribution in [3.8, 4) is 6.07 Å². The van der Waals surface area contributed by atoms with Gasteiger partial charge in [0.05, 0.1) is 18.9 Å². The Hall–Kier alpha value is -1.34. The third-order valence-corrected chi connectivity index (χ3v) is 1.80. The van der Waals surface area contributed by atoms with Gasteiger partial charge in [-0.15, -0.1) is 0 Å². The SMILES string of the molecule is N#Cc1n[nH]c2c1CCOC2. The summed E-state index contributed by atoms with van der Waals surface area (Å²) in [6.07, 6.45) is 0.800. The molecular weight excluding hydrogens is 142 g/mol. The van der Waals surface area contributed by atoms with E-state index in [0.29, 0.717) is 18.9 Å². The average Bonchev–Trinajstić information content (AvgIpc) is 2.47. The molecule has 2 heterocycles. The monoisotopic (exact) mass is 149 g/mol. The summed E-state index contributed by atoms with van der Waals surface area (Å²) in [5.41, 5.74) is 2.50. The van der Waals surface area contributed by atoms with E-state index >= 15 is 0 Å². The third kappa shape index (κ3) is 0.900. The van der Waals surface area contributed by atoms with E-state index < -0.39 is 0 Å². The van der Waals surface area contributed by atoms with Crippen LogP contribution < -0.4 is 0 Å². The van der Waals surface area contributed by atoms with Gasteiger partial charge in [0.1, 0.15) is 6.07 Å². The summed E-state index contributed by atoms with van der Waals surface area (Å²) in [5.74, 6) is 0. The maximum Gasteiger partial charge on any atom is 0.165 e. The molecule has 1 aliphatic rings. The molecule has 0 unspecified atom stereocenters. The first-order chi connectivity index (χ1) is 5.42. The standard InChI is InChI=1S/C7H7N3O/c8-3-6-5-1-2-11-4-7(5)10-9-6/h1-2,4H2,(H,9,10). The number of ether oxygens (including phenoxy) is 1. The van der Waals surface area contributed by atoms with Crippen LogP contribution in [0.5, 0.6) is 0 Å². The number of fused-ring (bicyclic) bond motifs is 1. The number of aromatic nitrogens is 2. The Morgan fingerprint density at radius 1 is 1.64 bits per heavy atom. The Labute approximate surface area is 63.8 Å². The summed E-state index contributed by atoms with van der Waals surface area (Å²) < 4.78 is 5.17. The van der Waals surface area contributed by atoms with E-state index in [4.69, 9.17) is 10.00 Å². The second kappa shape index (κ2) is 2.36. The number of rotatable bonds is 0. The maximum absolute atomic E-state index is 8.61. The minimum atomic E-state index is 0.517. The van der Waals surface area contributed by atoms with Crippen molar-refractivity contribution in [2.24, 2.45) is 0 Å². The van der Waals surface area contributed by atoms with Crippen LogP contribution in [0, 0.1) is 11.3 Å². The van der Waals surface area contributed by atoms with E-state index in [0.717, 1.165) is 17.7 Å². The first-order valence-electron chi connectivity index (χ1n) is 3.46. The fraction of sp³-hybridized carbons (Fsp3) is 0.429. The van der Waals surface area contributed by atoms with E-state index in [-0.39, 0.29) is 0 Å². The molecule has 56 valence electrons. The molecular formula is C7H7N3O. The van der Waals surface area contributed by atoms with Crippen LogP contribution in [0.1, 0.15) is 17.0 Å². The van der Waals surface area contributed by atoms with Gasteiger partial charge in [0.25, 0.3) is 0 Å². The number of nitrogens with zero attached hydrogens (tertiary/aromatic N) is 2. The minimum absolute atomic E-state index is 0.517. The van der Waals surface area contributed by atoms with Crippen LogP contribution in [0.4, 0.5) is 0 Å². The minimum Gasteiger partial charge on any atom is -0.375 e. The molecule has 4 heteroatoms. The lowest BCUT2D eigenvalue weighted by molar-refractivity contribution is 0.108. The average molecular weight is 149 g/mol.